The van der Waals surface area contributed by atoms with E-state index in [0.29, 0.717) is 5.92 Å². The van der Waals surface area contributed by atoms with Crippen LogP contribution in [0.1, 0.15) is 55.9 Å². The Morgan fingerprint density at radius 2 is 0.962 bits per heavy atom. The van der Waals surface area contributed by atoms with Crippen LogP contribution in [0, 0.1) is 18.8 Å². The van der Waals surface area contributed by atoms with Crippen molar-refractivity contribution in [2.45, 2.75) is 40.5 Å². The van der Waals surface area contributed by atoms with Crippen LogP contribution in [-0.4, -0.2) is 0 Å². The van der Waals surface area contributed by atoms with Crippen LogP contribution in [0.5, 0.6) is 0 Å². The lowest BCUT2D eigenvalue weighted by molar-refractivity contribution is 0.867. The third kappa shape index (κ3) is 5.36. The smallest absolute Gasteiger partial charge is 0.0249 e. The van der Waals surface area contributed by atoms with Gasteiger partial charge >= 0.3 is 0 Å². The summed E-state index contributed by atoms with van der Waals surface area (Å²) in [4.78, 5) is 0. The minimum absolute atomic E-state index is 0.568. The maximum atomic E-state index is 3.23. The van der Waals surface area contributed by atoms with Crippen molar-refractivity contribution in [3.05, 3.63) is 95.1 Å². The van der Waals surface area contributed by atoms with Crippen LogP contribution in [0.4, 0.5) is 0 Å². The molecule has 0 saturated heterocycles. The Kier molecular flexibility index (Phi) is 7.24. The SMILES string of the molecule is CC.Cc1ccc(C#Cc2ccc(-c3ccc(C(C)C)cc3)cc2)cc1. The van der Waals surface area contributed by atoms with Crippen LogP contribution in [0.3, 0.4) is 0 Å². The van der Waals surface area contributed by atoms with Gasteiger partial charge in [-0.15, -0.1) is 0 Å². The van der Waals surface area contributed by atoms with Gasteiger partial charge in [0.2, 0.25) is 0 Å². The van der Waals surface area contributed by atoms with Gasteiger partial charge in [0, 0.05) is 11.1 Å². The standard InChI is InChI=1S/C24H22.C2H6/c1-18(2)22-14-16-24(17-15-22)23-12-10-21(11-13-23)9-8-20-6-4-19(3)5-7-20;1-2/h4-7,10-18H,1-3H3;1-2H3. The van der Waals surface area contributed by atoms with Crippen molar-refractivity contribution in [1.29, 1.82) is 0 Å². The lowest BCUT2D eigenvalue weighted by Crippen LogP contribution is -1.86. The van der Waals surface area contributed by atoms with E-state index in [1.165, 1.54) is 22.3 Å². The fourth-order valence-electron chi connectivity index (χ4n) is 2.59. The molecular weight excluding hydrogens is 312 g/mol. The second-order valence-corrected chi connectivity index (χ2v) is 6.47. The summed E-state index contributed by atoms with van der Waals surface area (Å²) in [6.07, 6.45) is 0. The van der Waals surface area contributed by atoms with Crippen LogP contribution in [0.15, 0.2) is 72.8 Å². The molecule has 0 aliphatic carbocycles. The van der Waals surface area contributed by atoms with Gasteiger partial charge in [0.25, 0.3) is 0 Å². The third-order valence-electron chi connectivity index (χ3n) is 4.20. The molecule has 0 aliphatic rings. The van der Waals surface area contributed by atoms with E-state index >= 15 is 0 Å². The van der Waals surface area contributed by atoms with Gasteiger partial charge in [-0.25, -0.2) is 0 Å². The Morgan fingerprint density at radius 1 is 0.577 bits per heavy atom. The van der Waals surface area contributed by atoms with Crippen molar-refractivity contribution in [2.75, 3.05) is 0 Å². The van der Waals surface area contributed by atoms with Crippen LogP contribution >= 0.6 is 0 Å². The molecule has 0 aromatic heterocycles. The normalized spacial score (nSPS) is 9.77. The first-order valence-corrected chi connectivity index (χ1v) is 9.41. The number of rotatable bonds is 2. The van der Waals surface area contributed by atoms with Gasteiger partial charge in [-0.3, -0.25) is 0 Å². The van der Waals surface area contributed by atoms with Crippen molar-refractivity contribution in [3.8, 4) is 23.0 Å². The molecule has 3 rings (SSSR count). The van der Waals surface area contributed by atoms with Crippen molar-refractivity contribution in [2.24, 2.45) is 0 Å². The number of hydrogen-bond acceptors (Lipinski definition) is 0. The van der Waals surface area contributed by atoms with E-state index in [0.717, 1.165) is 11.1 Å². The largest absolute Gasteiger partial charge is 0.0683 e. The molecule has 0 radical (unpaired) electrons. The van der Waals surface area contributed by atoms with E-state index in [1.807, 2.05) is 13.8 Å². The van der Waals surface area contributed by atoms with Crippen LogP contribution in [0.2, 0.25) is 0 Å². The zero-order valence-corrected chi connectivity index (χ0v) is 16.5. The number of benzene rings is 3. The Balaban J connectivity index is 0.00000117. The second-order valence-electron chi connectivity index (χ2n) is 6.47. The summed E-state index contributed by atoms with van der Waals surface area (Å²) in [7, 11) is 0. The summed E-state index contributed by atoms with van der Waals surface area (Å²) in [5.74, 6) is 7.02. The summed E-state index contributed by atoms with van der Waals surface area (Å²) >= 11 is 0. The lowest BCUT2D eigenvalue weighted by Gasteiger charge is -2.07. The second kappa shape index (κ2) is 9.64. The molecule has 0 nitrogen and oxygen atoms in total. The minimum atomic E-state index is 0.568. The highest BCUT2D eigenvalue weighted by atomic mass is 14.1. The molecule has 0 fully saturated rings. The first kappa shape index (κ1) is 19.5. The van der Waals surface area contributed by atoms with Crippen LogP contribution in [-0.2, 0) is 0 Å². The van der Waals surface area contributed by atoms with Crippen molar-refractivity contribution < 1.29 is 0 Å². The van der Waals surface area contributed by atoms with Gasteiger partial charge < -0.3 is 0 Å². The van der Waals surface area contributed by atoms with Gasteiger partial charge in [0.1, 0.15) is 0 Å². The fraction of sp³-hybridized carbons (Fsp3) is 0.231. The Labute approximate surface area is 158 Å². The maximum Gasteiger partial charge on any atom is 0.0249 e. The van der Waals surface area contributed by atoms with Crippen LogP contribution in [0.25, 0.3) is 11.1 Å². The predicted octanol–water partition coefficient (Wildman–Crippen LogP) is 7.21. The number of aryl methyl sites for hydroxylation is 1. The summed E-state index contributed by atoms with van der Waals surface area (Å²) in [6.45, 7) is 10.5. The minimum Gasteiger partial charge on any atom is -0.0683 e. The van der Waals surface area contributed by atoms with Crippen LogP contribution < -0.4 is 0 Å². The maximum absolute atomic E-state index is 3.23. The topological polar surface area (TPSA) is 0 Å². The van der Waals surface area contributed by atoms with E-state index in [4.69, 9.17) is 0 Å². The molecule has 0 aliphatic heterocycles. The Bertz CT molecular complexity index is 853. The van der Waals surface area contributed by atoms with Gasteiger partial charge in [-0.2, -0.15) is 0 Å². The highest BCUT2D eigenvalue weighted by Crippen LogP contribution is 2.23. The molecule has 0 amide bonds. The van der Waals surface area contributed by atoms with Crippen molar-refractivity contribution in [3.63, 3.8) is 0 Å². The molecule has 0 unspecified atom stereocenters. The molecule has 0 bridgehead atoms. The van der Waals surface area contributed by atoms with E-state index in [9.17, 15) is 0 Å². The molecular formula is C26H28. The van der Waals surface area contributed by atoms with Crippen molar-refractivity contribution in [1.82, 2.24) is 0 Å². The molecule has 0 saturated carbocycles. The summed E-state index contributed by atoms with van der Waals surface area (Å²) < 4.78 is 0. The summed E-state index contributed by atoms with van der Waals surface area (Å²) in [6, 6.07) is 25.6. The molecule has 0 heterocycles. The van der Waals surface area contributed by atoms with E-state index in [1.54, 1.807) is 0 Å². The van der Waals surface area contributed by atoms with E-state index in [-0.39, 0.29) is 0 Å². The van der Waals surface area contributed by atoms with E-state index < -0.39 is 0 Å². The zero-order chi connectivity index (χ0) is 18.9. The highest BCUT2D eigenvalue weighted by molar-refractivity contribution is 5.65. The molecule has 0 N–H and O–H groups in total. The highest BCUT2D eigenvalue weighted by Gasteiger charge is 2.01. The van der Waals surface area contributed by atoms with Crippen molar-refractivity contribution >= 4 is 0 Å². The summed E-state index contributed by atoms with van der Waals surface area (Å²) in [5.41, 5.74) is 7.20. The lowest BCUT2D eigenvalue weighted by atomic mass is 9.98. The third-order valence-corrected chi connectivity index (χ3v) is 4.20. The first-order valence-electron chi connectivity index (χ1n) is 9.41. The monoisotopic (exact) mass is 340 g/mol. The Hall–Kier alpha value is -2.78. The Morgan fingerprint density at radius 3 is 1.38 bits per heavy atom. The van der Waals surface area contributed by atoms with Gasteiger partial charge in [-0.1, -0.05) is 93.6 Å². The quantitative estimate of drug-likeness (QED) is 0.432. The fourth-order valence-corrected chi connectivity index (χ4v) is 2.59. The molecule has 26 heavy (non-hydrogen) atoms. The zero-order valence-electron chi connectivity index (χ0n) is 16.5. The first-order chi connectivity index (χ1) is 12.6. The molecule has 132 valence electrons. The molecule has 0 heteroatoms. The van der Waals surface area contributed by atoms with Gasteiger partial charge in [-0.05, 0) is 53.8 Å². The molecule has 3 aromatic carbocycles. The average molecular weight is 341 g/mol. The molecule has 0 atom stereocenters. The van der Waals surface area contributed by atoms with Gasteiger partial charge in [0.05, 0.1) is 0 Å². The molecule has 3 aromatic rings. The molecule has 0 spiro atoms. The van der Waals surface area contributed by atoms with Gasteiger partial charge in [0.15, 0.2) is 0 Å². The number of hydrogen-bond donors (Lipinski definition) is 0. The van der Waals surface area contributed by atoms with E-state index in [2.05, 4.69) is 105 Å². The summed E-state index contributed by atoms with van der Waals surface area (Å²) in [5, 5.41) is 0. The predicted molar refractivity (Wildman–Crippen MR) is 114 cm³/mol. The average Bonchev–Trinajstić information content (AvgIpc) is 2.69.